The van der Waals surface area contributed by atoms with E-state index in [-0.39, 0.29) is 5.91 Å². The third-order valence-corrected chi connectivity index (χ3v) is 6.86. The molecule has 1 aromatic heterocycles. The van der Waals surface area contributed by atoms with Crippen LogP contribution in [0.4, 0.5) is 0 Å². The van der Waals surface area contributed by atoms with Gasteiger partial charge in [0.15, 0.2) is 0 Å². The summed E-state index contributed by atoms with van der Waals surface area (Å²) < 4.78 is 13.4. The molecule has 0 spiro atoms. The van der Waals surface area contributed by atoms with E-state index in [1.807, 2.05) is 72.4 Å². The van der Waals surface area contributed by atoms with Gasteiger partial charge in [-0.2, -0.15) is 5.10 Å². The Morgan fingerprint density at radius 1 is 1.17 bits per heavy atom. The number of benzene rings is 2. The molecule has 1 aliphatic rings. The molecule has 0 unspecified atom stereocenters. The van der Waals surface area contributed by atoms with Crippen LogP contribution in [0.25, 0.3) is 23.0 Å². The molecule has 0 aliphatic carbocycles. The Kier molecular flexibility index (Phi) is 8.05. The van der Waals surface area contributed by atoms with Crippen molar-refractivity contribution in [1.82, 2.24) is 14.7 Å². The zero-order chi connectivity index (χ0) is 24.9. The lowest BCUT2D eigenvalue weighted by Gasteiger charge is -2.13. The van der Waals surface area contributed by atoms with Gasteiger partial charge in [0.2, 0.25) is 0 Å². The van der Waals surface area contributed by atoms with Crippen molar-refractivity contribution in [3.8, 4) is 22.7 Å². The molecule has 1 aliphatic heterocycles. The molecule has 8 heteroatoms. The van der Waals surface area contributed by atoms with Gasteiger partial charge in [0.05, 0.1) is 30.4 Å². The molecular formula is C27H29N3O3S2. The number of aryl methyl sites for hydroxylation is 1. The van der Waals surface area contributed by atoms with Crippen LogP contribution in [0.5, 0.6) is 5.75 Å². The Morgan fingerprint density at radius 2 is 1.94 bits per heavy atom. The van der Waals surface area contributed by atoms with Crippen LogP contribution in [0, 0.1) is 12.8 Å². The maximum atomic E-state index is 13.0. The summed E-state index contributed by atoms with van der Waals surface area (Å²) in [4.78, 5) is 15.2. The SMILES string of the molecule is COCCN1C(=O)/C(=C/c2cn(-c3ccccc3)nc2-c2ccc(OCC(C)C)cc2C)SC1=S. The summed E-state index contributed by atoms with van der Waals surface area (Å²) in [7, 11) is 1.61. The van der Waals surface area contributed by atoms with E-state index in [2.05, 4.69) is 13.8 Å². The van der Waals surface area contributed by atoms with Crippen molar-refractivity contribution in [3.05, 3.63) is 70.8 Å². The first-order chi connectivity index (χ1) is 16.9. The molecule has 4 rings (SSSR count). The Balaban J connectivity index is 1.74. The predicted molar refractivity (Wildman–Crippen MR) is 146 cm³/mol. The van der Waals surface area contributed by atoms with Crippen molar-refractivity contribution in [2.45, 2.75) is 20.8 Å². The van der Waals surface area contributed by atoms with Crippen LogP contribution < -0.4 is 4.74 Å². The topological polar surface area (TPSA) is 56.6 Å². The number of aromatic nitrogens is 2. The predicted octanol–water partition coefficient (Wildman–Crippen LogP) is 5.73. The minimum absolute atomic E-state index is 0.107. The fourth-order valence-electron chi connectivity index (χ4n) is 3.69. The minimum Gasteiger partial charge on any atom is -0.493 e. The number of hydrogen-bond donors (Lipinski definition) is 0. The number of thiocarbonyl (C=S) groups is 1. The molecular weight excluding hydrogens is 478 g/mol. The first-order valence-corrected chi connectivity index (χ1v) is 12.7. The van der Waals surface area contributed by atoms with Crippen LogP contribution in [-0.4, -0.2) is 51.8 Å². The van der Waals surface area contributed by atoms with E-state index >= 15 is 0 Å². The Morgan fingerprint density at radius 3 is 2.63 bits per heavy atom. The van der Waals surface area contributed by atoms with E-state index in [9.17, 15) is 4.79 Å². The Labute approximate surface area is 215 Å². The van der Waals surface area contributed by atoms with Crippen LogP contribution in [0.2, 0.25) is 0 Å². The summed E-state index contributed by atoms with van der Waals surface area (Å²) in [6, 6.07) is 16.0. The quantitative estimate of drug-likeness (QED) is 0.272. The smallest absolute Gasteiger partial charge is 0.266 e. The van der Waals surface area contributed by atoms with Crippen molar-refractivity contribution in [2.75, 3.05) is 26.9 Å². The summed E-state index contributed by atoms with van der Waals surface area (Å²) in [5, 5.41) is 4.91. The highest BCUT2D eigenvalue weighted by Gasteiger charge is 2.32. The molecule has 1 fully saturated rings. The molecule has 182 valence electrons. The number of carbonyl (C=O) groups excluding carboxylic acids is 1. The minimum atomic E-state index is -0.107. The largest absolute Gasteiger partial charge is 0.493 e. The van der Waals surface area contributed by atoms with Gasteiger partial charge in [0.25, 0.3) is 5.91 Å². The number of amides is 1. The summed E-state index contributed by atoms with van der Waals surface area (Å²) in [5.41, 5.74) is 4.61. The number of methoxy groups -OCH3 is 1. The Hall–Kier alpha value is -2.94. The number of carbonyl (C=O) groups is 1. The molecule has 0 atom stereocenters. The third-order valence-electron chi connectivity index (χ3n) is 5.48. The maximum Gasteiger partial charge on any atom is 0.266 e. The second kappa shape index (κ2) is 11.2. The van der Waals surface area contributed by atoms with Gasteiger partial charge < -0.3 is 9.47 Å². The fraction of sp³-hybridized carbons (Fsp3) is 0.296. The van der Waals surface area contributed by atoms with Gasteiger partial charge in [-0.3, -0.25) is 9.69 Å². The highest BCUT2D eigenvalue weighted by atomic mass is 32.2. The van der Waals surface area contributed by atoms with E-state index < -0.39 is 0 Å². The second-order valence-corrected chi connectivity index (χ2v) is 10.4. The lowest BCUT2D eigenvalue weighted by Crippen LogP contribution is -2.31. The number of hydrogen-bond acceptors (Lipinski definition) is 6. The number of nitrogens with zero attached hydrogens (tertiary/aromatic N) is 3. The summed E-state index contributed by atoms with van der Waals surface area (Å²) in [5.74, 6) is 1.18. The van der Waals surface area contributed by atoms with Crippen molar-refractivity contribution >= 4 is 40.3 Å². The highest BCUT2D eigenvalue weighted by molar-refractivity contribution is 8.26. The number of thioether (sulfide) groups is 1. The summed E-state index contributed by atoms with van der Waals surface area (Å²) in [6.45, 7) is 7.83. The number of ether oxygens (including phenoxy) is 2. The zero-order valence-electron chi connectivity index (χ0n) is 20.4. The monoisotopic (exact) mass is 507 g/mol. The first kappa shape index (κ1) is 25.2. The van der Waals surface area contributed by atoms with Gasteiger partial charge in [0.1, 0.15) is 15.8 Å². The van der Waals surface area contributed by atoms with E-state index in [0.29, 0.717) is 34.9 Å². The van der Waals surface area contributed by atoms with Gasteiger partial charge in [-0.05, 0) is 54.8 Å². The second-order valence-electron chi connectivity index (χ2n) is 8.72. The molecule has 6 nitrogen and oxygen atoms in total. The molecule has 3 aromatic rings. The standard InChI is InChI=1S/C27H29N3O3S2/c1-18(2)17-33-22-10-11-23(19(3)14-22)25-20(16-30(28-25)21-8-6-5-7-9-21)15-24-26(31)29(12-13-32-4)27(34)35-24/h5-11,14-16,18H,12-13,17H2,1-4H3/b24-15-. The first-order valence-electron chi connectivity index (χ1n) is 11.5. The third kappa shape index (κ3) is 5.83. The highest BCUT2D eigenvalue weighted by Crippen LogP contribution is 2.36. The van der Waals surface area contributed by atoms with Gasteiger partial charge in [0, 0.05) is 24.4 Å². The Bertz CT molecular complexity index is 1250. The van der Waals surface area contributed by atoms with Crippen molar-refractivity contribution in [3.63, 3.8) is 0 Å². The van der Waals surface area contributed by atoms with E-state index in [1.165, 1.54) is 11.8 Å². The van der Waals surface area contributed by atoms with Gasteiger partial charge in [-0.25, -0.2) is 4.68 Å². The molecule has 35 heavy (non-hydrogen) atoms. The maximum absolute atomic E-state index is 13.0. The average molecular weight is 508 g/mol. The van der Waals surface area contributed by atoms with Crippen LogP contribution in [0.3, 0.4) is 0 Å². The molecule has 1 amide bonds. The van der Waals surface area contributed by atoms with Crippen LogP contribution in [-0.2, 0) is 9.53 Å². The van der Waals surface area contributed by atoms with Crippen LogP contribution in [0.15, 0.2) is 59.6 Å². The van der Waals surface area contributed by atoms with Gasteiger partial charge in [-0.1, -0.05) is 56.0 Å². The summed E-state index contributed by atoms with van der Waals surface area (Å²) >= 11 is 6.76. The van der Waals surface area contributed by atoms with Crippen molar-refractivity contribution < 1.29 is 14.3 Å². The molecule has 1 saturated heterocycles. The molecule has 0 bridgehead atoms. The lowest BCUT2D eigenvalue weighted by molar-refractivity contribution is -0.122. The normalized spacial score (nSPS) is 15.0. The average Bonchev–Trinajstić information content (AvgIpc) is 3.37. The molecule has 2 heterocycles. The molecule has 0 radical (unpaired) electrons. The number of para-hydroxylation sites is 1. The van der Waals surface area contributed by atoms with Gasteiger partial charge >= 0.3 is 0 Å². The lowest BCUT2D eigenvalue weighted by atomic mass is 10.0. The van der Waals surface area contributed by atoms with Crippen molar-refractivity contribution in [2.24, 2.45) is 5.92 Å². The van der Waals surface area contributed by atoms with E-state index in [0.717, 1.165) is 33.8 Å². The van der Waals surface area contributed by atoms with Crippen molar-refractivity contribution in [1.29, 1.82) is 0 Å². The van der Waals surface area contributed by atoms with E-state index in [1.54, 1.807) is 12.0 Å². The van der Waals surface area contributed by atoms with Gasteiger partial charge in [-0.15, -0.1) is 0 Å². The fourth-order valence-corrected chi connectivity index (χ4v) is 4.99. The number of rotatable bonds is 9. The van der Waals surface area contributed by atoms with E-state index in [4.69, 9.17) is 26.8 Å². The summed E-state index contributed by atoms with van der Waals surface area (Å²) in [6.07, 6.45) is 3.84. The molecule has 2 aromatic carbocycles. The van der Waals surface area contributed by atoms with Crippen LogP contribution in [0.1, 0.15) is 25.0 Å². The molecule has 0 N–H and O–H groups in total. The molecule has 0 saturated carbocycles. The zero-order valence-corrected chi connectivity index (χ0v) is 22.0. The van der Waals surface area contributed by atoms with Crippen LogP contribution >= 0.6 is 24.0 Å².